The number of carbonyl (C=O) groups is 1. The fraction of sp³-hybridized carbons (Fsp3) is 0.167. The number of hydrogen-bond donors (Lipinski definition) is 2. The van der Waals surface area contributed by atoms with Gasteiger partial charge in [-0.25, -0.2) is 4.39 Å². The molecule has 128 valence electrons. The van der Waals surface area contributed by atoms with Crippen molar-refractivity contribution in [2.45, 2.75) is 12.3 Å². The van der Waals surface area contributed by atoms with Gasteiger partial charge in [-0.15, -0.1) is 0 Å². The van der Waals surface area contributed by atoms with E-state index in [1.807, 2.05) is 6.07 Å². The SMILES string of the molecule is O=C(NCCC(c1ccc(F)cc1)c1ccco1)c1cncc(=O)[nH]1. The molecule has 0 aliphatic carbocycles. The van der Waals surface area contributed by atoms with Crippen molar-refractivity contribution in [3.8, 4) is 0 Å². The van der Waals surface area contributed by atoms with Gasteiger partial charge in [-0.05, 0) is 36.2 Å². The van der Waals surface area contributed by atoms with Gasteiger partial charge < -0.3 is 14.7 Å². The van der Waals surface area contributed by atoms with E-state index in [0.29, 0.717) is 13.0 Å². The number of aromatic nitrogens is 2. The molecule has 0 aliphatic heterocycles. The summed E-state index contributed by atoms with van der Waals surface area (Å²) >= 11 is 0. The lowest BCUT2D eigenvalue weighted by atomic mass is 9.93. The van der Waals surface area contributed by atoms with Gasteiger partial charge in [-0.2, -0.15) is 0 Å². The maximum absolute atomic E-state index is 13.2. The number of benzene rings is 1. The molecule has 1 amide bonds. The van der Waals surface area contributed by atoms with Crippen LogP contribution in [-0.4, -0.2) is 22.4 Å². The van der Waals surface area contributed by atoms with Crippen molar-refractivity contribution in [1.29, 1.82) is 0 Å². The fourth-order valence-corrected chi connectivity index (χ4v) is 2.58. The number of halogens is 1. The first-order chi connectivity index (χ1) is 12.1. The maximum Gasteiger partial charge on any atom is 0.269 e. The predicted octanol–water partition coefficient (Wildman–Crippen LogP) is 2.45. The molecule has 25 heavy (non-hydrogen) atoms. The third kappa shape index (κ3) is 4.20. The number of hydrogen-bond acceptors (Lipinski definition) is 4. The summed E-state index contributed by atoms with van der Waals surface area (Å²) in [5.74, 6) is -0.113. The van der Waals surface area contributed by atoms with Crippen LogP contribution in [0.15, 0.2) is 64.3 Å². The third-order valence-electron chi connectivity index (χ3n) is 3.78. The van der Waals surface area contributed by atoms with Gasteiger partial charge in [0.15, 0.2) is 0 Å². The summed E-state index contributed by atoms with van der Waals surface area (Å²) in [5, 5.41) is 2.73. The van der Waals surface area contributed by atoms with Gasteiger partial charge >= 0.3 is 0 Å². The number of nitrogens with one attached hydrogen (secondary N) is 2. The normalized spacial score (nSPS) is 11.9. The van der Waals surface area contributed by atoms with Crippen molar-refractivity contribution in [1.82, 2.24) is 15.3 Å². The lowest BCUT2D eigenvalue weighted by molar-refractivity contribution is 0.0947. The molecule has 0 spiro atoms. The molecule has 0 saturated heterocycles. The largest absolute Gasteiger partial charge is 0.469 e. The van der Waals surface area contributed by atoms with Gasteiger partial charge in [-0.1, -0.05) is 12.1 Å². The van der Waals surface area contributed by atoms with Crippen LogP contribution >= 0.6 is 0 Å². The second-order valence-corrected chi connectivity index (χ2v) is 5.47. The third-order valence-corrected chi connectivity index (χ3v) is 3.78. The molecule has 3 rings (SSSR count). The summed E-state index contributed by atoms with van der Waals surface area (Å²) in [6.45, 7) is 0.346. The molecule has 0 fully saturated rings. The minimum absolute atomic E-state index is 0.101. The summed E-state index contributed by atoms with van der Waals surface area (Å²) in [6, 6.07) is 9.81. The van der Waals surface area contributed by atoms with Crippen molar-refractivity contribution in [3.63, 3.8) is 0 Å². The molecular weight excluding hydrogens is 325 g/mol. The number of rotatable bonds is 6. The van der Waals surface area contributed by atoms with Gasteiger partial charge in [0, 0.05) is 12.5 Å². The van der Waals surface area contributed by atoms with Crippen LogP contribution in [0.5, 0.6) is 0 Å². The van der Waals surface area contributed by atoms with Crippen LogP contribution in [0.1, 0.15) is 34.2 Å². The highest BCUT2D eigenvalue weighted by Crippen LogP contribution is 2.28. The van der Waals surface area contributed by atoms with Crippen molar-refractivity contribution < 1.29 is 13.6 Å². The van der Waals surface area contributed by atoms with E-state index in [-0.39, 0.29) is 17.4 Å². The topological polar surface area (TPSA) is 88.0 Å². The summed E-state index contributed by atoms with van der Waals surface area (Å²) in [5.41, 5.74) is 0.552. The Hall–Kier alpha value is -3.22. The predicted molar refractivity (Wildman–Crippen MR) is 88.8 cm³/mol. The Morgan fingerprint density at radius 3 is 2.72 bits per heavy atom. The van der Waals surface area contributed by atoms with Crippen molar-refractivity contribution in [3.05, 3.63) is 88.2 Å². The van der Waals surface area contributed by atoms with Gasteiger partial charge in [-0.3, -0.25) is 14.6 Å². The molecule has 1 aromatic carbocycles. The summed E-state index contributed by atoms with van der Waals surface area (Å²) in [6.07, 6.45) is 4.51. The lowest BCUT2D eigenvalue weighted by Gasteiger charge is -2.15. The Kier molecular flexibility index (Phi) is 5.03. The van der Waals surface area contributed by atoms with E-state index >= 15 is 0 Å². The number of nitrogens with zero attached hydrogens (tertiary/aromatic N) is 1. The molecule has 6 nitrogen and oxygen atoms in total. The first-order valence-corrected chi connectivity index (χ1v) is 7.75. The smallest absolute Gasteiger partial charge is 0.269 e. The van der Waals surface area contributed by atoms with Crippen LogP contribution in [0.3, 0.4) is 0 Å². The van der Waals surface area contributed by atoms with E-state index in [1.165, 1.54) is 18.3 Å². The Balaban J connectivity index is 1.68. The molecule has 3 aromatic rings. The quantitative estimate of drug-likeness (QED) is 0.721. The van der Waals surface area contributed by atoms with Gasteiger partial charge in [0.2, 0.25) is 0 Å². The van der Waals surface area contributed by atoms with Crippen LogP contribution in [0.4, 0.5) is 4.39 Å². The van der Waals surface area contributed by atoms with Crippen molar-refractivity contribution in [2.24, 2.45) is 0 Å². The minimum Gasteiger partial charge on any atom is -0.469 e. The van der Waals surface area contributed by atoms with E-state index in [0.717, 1.165) is 17.5 Å². The average molecular weight is 341 g/mol. The first-order valence-electron chi connectivity index (χ1n) is 7.75. The first kappa shape index (κ1) is 16.6. The van der Waals surface area contributed by atoms with E-state index in [1.54, 1.807) is 24.5 Å². The monoisotopic (exact) mass is 341 g/mol. The molecule has 1 unspecified atom stereocenters. The molecule has 1 atom stereocenters. The number of furan rings is 1. The summed E-state index contributed by atoms with van der Waals surface area (Å²) in [7, 11) is 0. The van der Waals surface area contributed by atoms with E-state index in [9.17, 15) is 14.0 Å². The highest BCUT2D eigenvalue weighted by atomic mass is 19.1. The number of aromatic amines is 1. The van der Waals surface area contributed by atoms with Crippen LogP contribution < -0.4 is 10.9 Å². The van der Waals surface area contributed by atoms with E-state index in [4.69, 9.17) is 4.42 Å². The number of carbonyl (C=O) groups excluding carboxylic acids is 1. The zero-order chi connectivity index (χ0) is 17.6. The molecule has 0 aliphatic rings. The highest BCUT2D eigenvalue weighted by Gasteiger charge is 2.17. The zero-order valence-corrected chi connectivity index (χ0v) is 13.2. The fourth-order valence-electron chi connectivity index (χ4n) is 2.58. The van der Waals surface area contributed by atoms with Crippen molar-refractivity contribution in [2.75, 3.05) is 6.54 Å². The van der Waals surface area contributed by atoms with E-state index < -0.39 is 11.5 Å². The van der Waals surface area contributed by atoms with E-state index in [2.05, 4.69) is 15.3 Å². The Morgan fingerprint density at radius 2 is 2.04 bits per heavy atom. The van der Waals surface area contributed by atoms with Crippen LogP contribution in [0.2, 0.25) is 0 Å². The molecule has 2 N–H and O–H groups in total. The molecular formula is C18H16FN3O3. The van der Waals surface area contributed by atoms with Gasteiger partial charge in [0.1, 0.15) is 17.3 Å². The summed E-state index contributed by atoms with van der Waals surface area (Å²) < 4.78 is 18.6. The maximum atomic E-state index is 13.2. The minimum atomic E-state index is -0.438. The Bertz CT molecular complexity index is 888. The van der Waals surface area contributed by atoms with Gasteiger partial charge in [0.25, 0.3) is 11.5 Å². The van der Waals surface area contributed by atoms with Crippen molar-refractivity contribution >= 4 is 5.91 Å². The Labute approximate surface area is 142 Å². The molecule has 2 heterocycles. The molecule has 0 saturated carbocycles. The highest BCUT2D eigenvalue weighted by molar-refractivity contribution is 5.91. The second kappa shape index (κ2) is 7.57. The van der Waals surface area contributed by atoms with Crippen LogP contribution in [-0.2, 0) is 0 Å². The molecule has 7 heteroatoms. The van der Waals surface area contributed by atoms with Gasteiger partial charge in [0.05, 0.1) is 18.7 Å². The lowest BCUT2D eigenvalue weighted by Crippen LogP contribution is -2.28. The molecule has 0 bridgehead atoms. The molecule has 0 radical (unpaired) electrons. The summed E-state index contributed by atoms with van der Waals surface area (Å²) in [4.78, 5) is 29.4. The Morgan fingerprint density at radius 1 is 1.24 bits per heavy atom. The number of amides is 1. The van der Waals surface area contributed by atoms with Crippen LogP contribution in [0, 0.1) is 5.82 Å². The van der Waals surface area contributed by atoms with Crippen LogP contribution in [0.25, 0.3) is 0 Å². The molecule has 2 aromatic heterocycles. The zero-order valence-electron chi connectivity index (χ0n) is 13.2. The number of H-pyrrole nitrogens is 1. The standard InChI is InChI=1S/C18H16FN3O3/c19-13-5-3-12(4-6-13)14(16-2-1-9-25-16)7-8-21-18(24)15-10-20-11-17(23)22-15/h1-6,9-11,14H,7-8H2,(H,21,24)(H,22,23). The average Bonchev–Trinajstić information content (AvgIpc) is 3.14. The second-order valence-electron chi connectivity index (χ2n) is 5.47.